The number of nitrogens with one attached hydrogen (secondary N) is 1. The largest absolute Gasteiger partial charge is 0.324 e. The molecule has 3 aromatic rings. The standard InChI is InChI=1S/C21H17BrN2O2/c22-16-9-10-19-15(12-16)8-11-21(26)24(19)13-20(25)23-18-7-3-5-14-4-1-2-6-17(14)18/h1-7,9-10,12H,8,11,13H2,(H,23,25). The van der Waals surface area contributed by atoms with Crippen LogP contribution in [0.1, 0.15) is 12.0 Å². The normalized spacial score (nSPS) is 13.6. The average Bonchev–Trinajstić information content (AvgIpc) is 2.64. The zero-order valence-corrected chi connectivity index (χ0v) is 15.6. The maximum absolute atomic E-state index is 12.6. The second-order valence-corrected chi connectivity index (χ2v) is 7.24. The van der Waals surface area contributed by atoms with Crippen LogP contribution in [0.15, 0.2) is 65.1 Å². The van der Waals surface area contributed by atoms with Gasteiger partial charge >= 0.3 is 0 Å². The number of rotatable bonds is 3. The van der Waals surface area contributed by atoms with Gasteiger partial charge in [-0.25, -0.2) is 0 Å². The van der Waals surface area contributed by atoms with Crippen molar-refractivity contribution >= 4 is 49.9 Å². The van der Waals surface area contributed by atoms with Gasteiger partial charge in [-0.2, -0.15) is 0 Å². The quantitative estimate of drug-likeness (QED) is 0.692. The van der Waals surface area contributed by atoms with E-state index < -0.39 is 0 Å². The van der Waals surface area contributed by atoms with Crippen LogP contribution in [0.5, 0.6) is 0 Å². The molecule has 3 aromatic carbocycles. The van der Waals surface area contributed by atoms with Crippen LogP contribution in [-0.2, 0) is 16.0 Å². The average molecular weight is 409 g/mol. The molecule has 1 heterocycles. The fourth-order valence-corrected chi connectivity index (χ4v) is 3.78. The number of halogens is 1. The molecule has 5 heteroatoms. The molecule has 0 saturated carbocycles. The van der Waals surface area contributed by atoms with E-state index in [-0.39, 0.29) is 18.4 Å². The molecular weight excluding hydrogens is 392 g/mol. The summed E-state index contributed by atoms with van der Waals surface area (Å²) in [5.74, 6) is -0.224. The van der Waals surface area contributed by atoms with E-state index >= 15 is 0 Å². The molecule has 2 amide bonds. The summed E-state index contributed by atoms with van der Waals surface area (Å²) in [5, 5.41) is 5.00. The molecule has 130 valence electrons. The van der Waals surface area contributed by atoms with Gasteiger partial charge in [-0.3, -0.25) is 9.59 Å². The number of nitrogens with zero attached hydrogens (tertiary/aromatic N) is 1. The molecule has 0 atom stereocenters. The van der Waals surface area contributed by atoms with Crippen molar-refractivity contribution in [3.63, 3.8) is 0 Å². The monoisotopic (exact) mass is 408 g/mol. The van der Waals surface area contributed by atoms with Crippen LogP contribution in [0.3, 0.4) is 0 Å². The van der Waals surface area contributed by atoms with Crippen LogP contribution < -0.4 is 10.2 Å². The molecular formula is C21H17BrN2O2. The van der Waals surface area contributed by atoms with E-state index in [1.54, 1.807) is 4.90 Å². The third kappa shape index (κ3) is 3.22. The molecule has 1 aliphatic rings. The molecule has 0 bridgehead atoms. The molecule has 0 saturated heterocycles. The van der Waals surface area contributed by atoms with Crippen molar-refractivity contribution in [2.75, 3.05) is 16.8 Å². The Morgan fingerprint density at radius 1 is 1.04 bits per heavy atom. The topological polar surface area (TPSA) is 49.4 Å². The van der Waals surface area contributed by atoms with E-state index in [1.165, 1.54) is 0 Å². The second-order valence-electron chi connectivity index (χ2n) is 6.33. The number of amides is 2. The maximum Gasteiger partial charge on any atom is 0.244 e. The first-order chi connectivity index (χ1) is 12.6. The van der Waals surface area contributed by atoms with Crippen LogP contribution in [0, 0.1) is 0 Å². The van der Waals surface area contributed by atoms with Gasteiger partial charge in [0.15, 0.2) is 0 Å². The molecule has 0 fully saturated rings. The van der Waals surface area contributed by atoms with Gasteiger partial charge in [-0.05, 0) is 41.6 Å². The Morgan fingerprint density at radius 2 is 1.85 bits per heavy atom. The molecule has 4 nitrogen and oxygen atoms in total. The fraction of sp³-hybridized carbons (Fsp3) is 0.143. The summed E-state index contributed by atoms with van der Waals surface area (Å²) in [5.41, 5.74) is 2.66. The van der Waals surface area contributed by atoms with Crippen LogP contribution >= 0.6 is 15.9 Å². The van der Waals surface area contributed by atoms with Crippen molar-refractivity contribution < 1.29 is 9.59 Å². The zero-order valence-electron chi connectivity index (χ0n) is 14.0. The number of fused-ring (bicyclic) bond motifs is 2. The van der Waals surface area contributed by atoms with Crippen molar-refractivity contribution in [1.82, 2.24) is 0 Å². The molecule has 4 rings (SSSR count). The molecule has 1 N–H and O–H groups in total. The van der Waals surface area contributed by atoms with Gasteiger partial charge in [0, 0.05) is 27.7 Å². The number of aryl methyl sites for hydroxylation is 1. The highest BCUT2D eigenvalue weighted by atomic mass is 79.9. The number of anilines is 2. The zero-order chi connectivity index (χ0) is 18.1. The van der Waals surface area contributed by atoms with Crippen molar-refractivity contribution in [2.45, 2.75) is 12.8 Å². The number of carbonyl (C=O) groups excluding carboxylic acids is 2. The Morgan fingerprint density at radius 3 is 2.73 bits per heavy atom. The van der Waals surface area contributed by atoms with Gasteiger partial charge < -0.3 is 10.2 Å². The molecule has 0 radical (unpaired) electrons. The second kappa shape index (κ2) is 6.92. The maximum atomic E-state index is 12.6. The highest BCUT2D eigenvalue weighted by Crippen LogP contribution is 2.30. The van der Waals surface area contributed by atoms with Gasteiger partial charge in [0.25, 0.3) is 0 Å². The highest BCUT2D eigenvalue weighted by Gasteiger charge is 2.26. The Balaban J connectivity index is 1.58. The summed E-state index contributed by atoms with van der Waals surface area (Å²) in [7, 11) is 0. The number of hydrogen-bond donors (Lipinski definition) is 1. The van der Waals surface area contributed by atoms with E-state index in [1.807, 2.05) is 60.7 Å². The van der Waals surface area contributed by atoms with Crippen LogP contribution in [0.25, 0.3) is 10.8 Å². The molecule has 0 aromatic heterocycles. The van der Waals surface area contributed by atoms with E-state index in [0.717, 1.165) is 32.2 Å². The lowest BCUT2D eigenvalue weighted by Gasteiger charge is -2.29. The fourth-order valence-electron chi connectivity index (χ4n) is 3.37. The lowest BCUT2D eigenvalue weighted by atomic mass is 10.0. The predicted octanol–water partition coefficient (Wildman–Crippen LogP) is 4.52. The van der Waals surface area contributed by atoms with Gasteiger partial charge in [0.2, 0.25) is 11.8 Å². The lowest BCUT2D eigenvalue weighted by molar-refractivity contribution is -0.121. The van der Waals surface area contributed by atoms with Crippen LogP contribution in [0.4, 0.5) is 11.4 Å². The highest BCUT2D eigenvalue weighted by molar-refractivity contribution is 9.10. The van der Waals surface area contributed by atoms with Crippen LogP contribution in [-0.4, -0.2) is 18.4 Å². The molecule has 26 heavy (non-hydrogen) atoms. The Hall–Kier alpha value is -2.66. The Kier molecular flexibility index (Phi) is 4.47. The van der Waals surface area contributed by atoms with E-state index in [9.17, 15) is 9.59 Å². The number of benzene rings is 3. The predicted molar refractivity (Wildman–Crippen MR) is 107 cm³/mol. The lowest BCUT2D eigenvalue weighted by Crippen LogP contribution is -2.40. The molecule has 0 unspecified atom stereocenters. The summed E-state index contributed by atoms with van der Waals surface area (Å²) in [4.78, 5) is 26.6. The van der Waals surface area contributed by atoms with Gasteiger partial charge in [0.1, 0.15) is 6.54 Å². The van der Waals surface area contributed by atoms with Gasteiger partial charge in [0.05, 0.1) is 0 Å². The van der Waals surface area contributed by atoms with E-state index in [0.29, 0.717) is 12.8 Å². The minimum absolute atomic E-state index is 0.0106. The summed E-state index contributed by atoms with van der Waals surface area (Å²) in [6.07, 6.45) is 1.13. The van der Waals surface area contributed by atoms with Crippen molar-refractivity contribution in [3.8, 4) is 0 Å². The van der Waals surface area contributed by atoms with Crippen molar-refractivity contribution in [1.29, 1.82) is 0 Å². The number of carbonyl (C=O) groups is 2. The molecule has 0 aliphatic carbocycles. The first kappa shape index (κ1) is 16.8. The van der Waals surface area contributed by atoms with E-state index in [4.69, 9.17) is 0 Å². The summed E-state index contributed by atoms with van der Waals surface area (Å²) >= 11 is 3.46. The summed E-state index contributed by atoms with van der Waals surface area (Å²) in [6, 6.07) is 19.5. The molecule has 0 spiro atoms. The summed E-state index contributed by atoms with van der Waals surface area (Å²) < 4.78 is 0.978. The third-order valence-electron chi connectivity index (χ3n) is 4.61. The van der Waals surface area contributed by atoms with Crippen molar-refractivity contribution in [2.24, 2.45) is 0 Å². The van der Waals surface area contributed by atoms with E-state index in [2.05, 4.69) is 21.2 Å². The third-order valence-corrected chi connectivity index (χ3v) is 5.10. The first-order valence-corrected chi connectivity index (χ1v) is 9.27. The Bertz CT molecular complexity index is 1010. The van der Waals surface area contributed by atoms with Crippen LogP contribution in [0.2, 0.25) is 0 Å². The number of hydrogen-bond acceptors (Lipinski definition) is 2. The molecule has 1 aliphatic heterocycles. The summed E-state index contributed by atoms with van der Waals surface area (Å²) in [6.45, 7) is 0.0106. The first-order valence-electron chi connectivity index (χ1n) is 8.48. The van der Waals surface area contributed by atoms with Gasteiger partial charge in [-0.15, -0.1) is 0 Å². The van der Waals surface area contributed by atoms with Crippen molar-refractivity contribution in [3.05, 3.63) is 70.7 Å². The Labute approximate surface area is 159 Å². The minimum atomic E-state index is -0.203. The SMILES string of the molecule is O=C(CN1C(=O)CCc2cc(Br)ccc21)Nc1cccc2ccccc12. The smallest absolute Gasteiger partial charge is 0.244 e. The van der Waals surface area contributed by atoms with Gasteiger partial charge in [-0.1, -0.05) is 52.3 Å². The minimum Gasteiger partial charge on any atom is -0.324 e.